The summed E-state index contributed by atoms with van der Waals surface area (Å²) in [5.74, 6) is 0.798. The number of nitrogen functional groups attached to an aromatic ring is 1. The van der Waals surface area contributed by atoms with Gasteiger partial charge in [0.1, 0.15) is 11.6 Å². The predicted octanol–water partition coefficient (Wildman–Crippen LogP) is 2.67. The third-order valence-electron chi connectivity index (χ3n) is 3.05. The quantitative estimate of drug-likeness (QED) is 0.811. The minimum atomic E-state index is 0.0305. The number of nitrogens with two attached hydrogens (primary N) is 1. The SMILES string of the molecule is Cn1nc(-c2cc(C(C)(C)C)ccc2O)cc1N. The van der Waals surface area contributed by atoms with Crippen LogP contribution in [0.2, 0.25) is 0 Å². The summed E-state index contributed by atoms with van der Waals surface area (Å²) in [6.45, 7) is 6.40. The van der Waals surface area contributed by atoms with E-state index in [2.05, 4.69) is 25.9 Å². The standard InChI is InChI=1S/C14H19N3O/c1-14(2,3)9-5-6-12(18)10(7-9)11-8-13(15)17(4)16-11/h5-8,18H,15H2,1-4H3. The molecule has 2 aromatic rings. The fraction of sp³-hybridized carbons (Fsp3) is 0.357. The molecule has 18 heavy (non-hydrogen) atoms. The first-order valence-electron chi connectivity index (χ1n) is 5.92. The Bertz CT molecular complexity index is 560. The molecule has 0 saturated heterocycles. The van der Waals surface area contributed by atoms with Gasteiger partial charge in [0.2, 0.25) is 0 Å². The summed E-state index contributed by atoms with van der Waals surface area (Å²) < 4.78 is 1.60. The zero-order valence-electron chi connectivity index (χ0n) is 11.2. The molecule has 0 unspecified atom stereocenters. The lowest BCUT2D eigenvalue weighted by molar-refractivity contribution is 0.476. The second-order valence-electron chi connectivity index (χ2n) is 5.56. The fourth-order valence-electron chi connectivity index (χ4n) is 1.82. The molecule has 0 aliphatic carbocycles. The van der Waals surface area contributed by atoms with E-state index in [1.54, 1.807) is 23.9 Å². The predicted molar refractivity (Wildman–Crippen MR) is 73.4 cm³/mol. The van der Waals surface area contributed by atoms with E-state index in [-0.39, 0.29) is 11.2 Å². The highest BCUT2D eigenvalue weighted by atomic mass is 16.3. The maximum Gasteiger partial charge on any atom is 0.125 e. The Morgan fingerprint density at radius 1 is 1.22 bits per heavy atom. The van der Waals surface area contributed by atoms with Crippen LogP contribution in [0.5, 0.6) is 5.75 Å². The van der Waals surface area contributed by atoms with Crippen LogP contribution < -0.4 is 5.73 Å². The third kappa shape index (κ3) is 2.18. The van der Waals surface area contributed by atoms with E-state index in [1.807, 2.05) is 12.1 Å². The first-order valence-corrected chi connectivity index (χ1v) is 5.92. The summed E-state index contributed by atoms with van der Waals surface area (Å²) in [6.07, 6.45) is 0. The Morgan fingerprint density at radius 3 is 2.39 bits per heavy atom. The molecule has 3 N–H and O–H groups in total. The van der Waals surface area contributed by atoms with Crippen molar-refractivity contribution in [3.05, 3.63) is 29.8 Å². The van der Waals surface area contributed by atoms with Crippen molar-refractivity contribution in [3.63, 3.8) is 0 Å². The second kappa shape index (κ2) is 4.05. The summed E-state index contributed by atoms with van der Waals surface area (Å²) in [5.41, 5.74) is 8.36. The molecule has 1 heterocycles. The molecule has 4 heteroatoms. The molecule has 0 spiro atoms. The van der Waals surface area contributed by atoms with Crippen LogP contribution in [0.1, 0.15) is 26.3 Å². The maximum absolute atomic E-state index is 9.96. The summed E-state index contributed by atoms with van der Waals surface area (Å²) in [7, 11) is 1.78. The zero-order valence-corrected chi connectivity index (χ0v) is 11.2. The minimum Gasteiger partial charge on any atom is -0.507 e. The number of phenols is 1. The van der Waals surface area contributed by atoms with Crippen LogP contribution in [0.25, 0.3) is 11.3 Å². The number of benzene rings is 1. The van der Waals surface area contributed by atoms with Gasteiger partial charge in [0.15, 0.2) is 0 Å². The molecule has 4 nitrogen and oxygen atoms in total. The number of aromatic nitrogens is 2. The maximum atomic E-state index is 9.96. The van der Waals surface area contributed by atoms with Crippen LogP contribution in [0.15, 0.2) is 24.3 Å². The molecule has 0 atom stereocenters. The average Bonchev–Trinajstić information content (AvgIpc) is 2.58. The first-order chi connectivity index (χ1) is 8.29. The second-order valence-corrected chi connectivity index (χ2v) is 5.56. The Hall–Kier alpha value is -1.97. The lowest BCUT2D eigenvalue weighted by Crippen LogP contribution is -2.10. The molecule has 0 radical (unpaired) electrons. The molecule has 0 amide bonds. The molecule has 0 bridgehead atoms. The fourth-order valence-corrected chi connectivity index (χ4v) is 1.82. The van der Waals surface area contributed by atoms with Crippen molar-refractivity contribution in [2.24, 2.45) is 7.05 Å². The van der Waals surface area contributed by atoms with Gasteiger partial charge in [-0.25, -0.2) is 0 Å². The number of hydrogen-bond donors (Lipinski definition) is 2. The van der Waals surface area contributed by atoms with Crippen LogP contribution in [-0.4, -0.2) is 14.9 Å². The van der Waals surface area contributed by atoms with Gasteiger partial charge in [0, 0.05) is 18.7 Å². The van der Waals surface area contributed by atoms with Gasteiger partial charge in [0.05, 0.1) is 5.69 Å². The van der Waals surface area contributed by atoms with E-state index in [1.165, 1.54) is 0 Å². The summed E-state index contributed by atoms with van der Waals surface area (Å²) >= 11 is 0. The first kappa shape index (κ1) is 12.5. The van der Waals surface area contributed by atoms with Gasteiger partial charge in [0.25, 0.3) is 0 Å². The largest absolute Gasteiger partial charge is 0.507 e. The van der Waals surface area contributed by atoms with Crippen molar-refractivity contribution in [3.8, 4) is 17.0 Å². The van der Waals surface area contributed by atoms with Crippen LogP contribution in [0, 0.1) is 0 Å². The Balaban J connectivity index is 2.56. The van der Waals surface area contributed by atoms with Gasteiger partial charge in [-0.2, -0.15) is 5.10 Å². The monoisotopic (exact) mass is 245 g/mol. The number of rotatable bonds is 1. The van der Waals surface area contributed by atoms with Crippen molar-refractivity contribution < 1.29 is 5.11 Å². The number of hydrogen-bond acceptors (Lipinski definition) is 3. The smallest absolute Gasteiger partial charge is 0.125 e. The van der Waals surface area contributed by atoms with Crippen molar-refractivity contribution >= 4 is 5.82 Å². The summed E-state index contributed by atoms with van der Waals surface area (Å²) in [6, 6.07) is 7.38. The Kier molecular flexibility index (Phi) is 2.81. The topological polar surface area (TPSA) is 64.1 Å². The lowest BCUT2D eigenvalue weighted by atomic mass is 9.86. The summed E-state index contributed by atoms with van der Waals surface area (Å²) in [5, 5.41) is 14.3. The van der Waals surface area contributed by atoms with Crippen LogP contribution >= 0.6 is 0 Å². The van der Waals surface area contributed by atoms with Crippen LogP contribution in [-0.2, 0) is 12.5 Å². The highest BCUT2D eigenvalue weighted by Gasteiger charge is 2.17. The van der Waals surface area contributed by atoms with Gasteiger partial charge in [-0.15, -0.1) is 0 Å². The summed E-state index contributed by atoms with van der Waals surface area (Å²) in [4.78, 5) is 0. The van der Waals surface area contributed by atoms with E-state index in [9.17, 15) is 5.11 Å². The van der Waals surface area contributed by atoms with E-state index >= 15 is 0 Å². The van der Waals surface area contributed by atoms with Crippen molar-refractivity contribution in [2.75, 3.05) is 5.73 Å². The minimum absolute atomic E-state index is 0.0305. The van der Waals surface area contributed by atoms with E-state index in [4.69, 9.17) is 5.73 Å². The number of aryl methyl sites for hydroxylation is 1. The average molecular weight is 245 g/mol. The lowest BCUT2D eigenvalue weighted by Gasteiger charge is -2.20. The number of nitrogens with zero attached hydrogens (tertiary/aromatic N) is 2. The normalized spacial score (nSPS) is 11.8. The van der Waals surface area contributed by atoms with Gasteiger partial charge in [-0.3, -0.25) is 4.68 Å². The molecule has 0 aliphatic heterocycles. The molecule has 1 aromatic heterocycles. The highest BCUT2D eigenvalue weighted by Crippen LogP contribution is 2.33. The number of phenolic OH excluding ortho intramolecular Hbond substituents is 1. The van der Waals surface area contributed by atoms with Gasteiger partial charge in [-0.05, 0) is 23.1 Å². The molecule has 0 saturated carbocycles. The van der Waals surface area contributed by atoms with Crippen LogP contribution in [0.4, 0.5) is 5.82 Å². The molecule has 0 fully saturated rings. The van der Waals surface area contributed by atoms with E-state index in [0.29, 0.717) is 11.5 Å². The molecule has 2 rings (SSSR count). The Morgan fingerprint density at radius 2 is 1.89 bits per heavy atom. The molecule has 1 aromatic carbocycles. The number of anilines is 1. The number of aromatic hydroxyl groups is 1. The van der Waals surface area contributed by atoms with E-state index < -0.39 is 0 Å². The van der Waals surface area contributed by atoms with Gasteiger partial charge >= 0.3 is 0 Å². The molecule has 96 valence electrons. The van der Waals surface area contributed by atoms with Gasteiger partial charge in [-0.1, -0.05) is 26.8 Å². The van der Waals surface area contributed by atoms with Crippen LogP contribution in [0.3, 0.4) is 0 Å². The van der Waals surface area contributed by atoms with Crippen molar-refractivity contribution in [2.45, 2.75) is 26.2 Å². The third-order valence-corrected chi connectivity index (χ3v) is 3.05. The molecular formula is C14H19N3O. The Labute approximate surface area is 107 Å². The zero-order chi connectivity index (χ0) is 13.5. The van der Waals surface area contributed by atoms with Gasteiger partial charge < -0.3 is 10.8 Å². The van der Waals surface area contributed by atoms with Crippen molar-refractivity contribution in [1.82, 2.24) is 9.78 Å². The molecule has 0 aliphatic rings. The highest BCUT2D eigenvalue weighted by molar-refractivity contribution is 5.70. The van der Waals surface area contributed by atoms with E-state index in [0.717, 1.165) is 11.1 Å². The molecular weight excluding hydrogens is 226 g/mol. The van der Waals surface area contributed by atoms with Crippen molar-refractivity contribution in [1.29, 1.82) is 0 Å².